The van der Waals surface area contributed by atoms with Crippen LogP contribution in [0.3, 0.4) is 0 Å². The van der Waals surface area contributed by atoms with Gasteiger partial charge in [-0.1, -0.05) is 35.3 Å². The number of hydrogen-bond acceptors (Lipinski definition) is 3. The summed E-state index contributed by atoms with van der Waals surface area (Å²) in [4.78, 5) is 24.5. The summed E-state index contributed by atoms with van der Waals surface area (Å²) in [5, 5.41) is 6.23. The van der Waals surface area contributed by atoms with Crippen LogP contribution < -0.4 is 10.6 Å². The molecule has 1 atom stereocenters. The Morgan fingerprint density at radius 3 is 2.39 bits per heavy atom. The van der Waals surface area contributed by atoms with Crippen LogP contribution >= 0.6 is 34.5 Å². The summed E-state index contributed by atoms with van der Waals surface area (Å²) in [6.45, 7) is 1.85. The SMILES string of the molecule is CC(=O)NC(CC(=O)NCc1ccc(Cl)s1)c1ccc(Cl)cc1. The van der Waals surface area contributed by atoms with Gasteiger partial charge in [0, 0.05) is 16.8 Å². The van der Waals surface area contributed by atoms with Gasteiger partial charge in [-0.25, -0.2) is 0 Å². The highest BCUT2D eigenvalue weighted by Crippen LogP contribution is 2.22. The van der Waals surface area contributed by atoms with E-state index in [0.717, 1.165) is 10.4 Å². The van der Waals surface area contributed by atoms with Gasteiger partial charge in [0.1, 0.15) is 0 Å². The van der Waals surface area contributed by atoms with E-state index in [2.05, 4.69) is 10.6 Å². The van der Waals surface area contributed by atoms with E-state index < -0.39 is 6.04 Å². The Morgan fingerprint density at radius 2 is 1.83 bits per heavy atom. The third-order valence-electron chi connectivity index (χ3n) is 3.13. The summed E-state index contributed by atoms with van der Waals surface area (Å²) in [6, 6.07) is 10.3. The summed E-state index contributed by atoms with van der Waals surface area (Å²) in [5.41, 5.74) is 0.832. The third-order valence-corrected chi connectivity index (χ3v) is 4.61. The maximum absolute atomic E-state index is 12.1. The number of amides is 2. The number of nitrogens with one attached hydrogen (secondary N) is 2. The minimum Gasteiger partial charge on any atom is -0.351 e. The minimum atomic E-state index is -0.392. The van der Waals surface area contributed by atoms with Crippen molar-refractivity contribution in [2.45, 2.75) is 25.9 Å². The third kappa shape index (κ3) is 5.86. The lowest BCUT2D eigenvalue weighted by Gasteiger charge is -2.18. The van der Waals surface area contributed by atoms with Gasteiger partial charge < -0.3 is 10.6 Å². The van der Waals surface area contributed by atoms with Crippen molar-refractivity contribution >= 4 is 46.4 Å². The fraction of sp³-hybridized carbons (Fsp3) is 0.250. The smallest absolute Gasteiger partial charge is 0.222 e. The maximum Gasteiger partial charge on any atom is 0.222 e. The molecule has 2 aromatic rings. The molecule has 2 rings (SSSR count). The zero-order valence-corrected chi connectivity index (χ0v) is 14.8. The summed E-state index contributed by atoms with van der Waals surface area (Å²) in [7, 11) is 0. The first kappa shape index (κ1) is 17.8. The van der Waals surface area contributed by atoms with Crippen molar-refractivity contribution in [3.05, 3.63) is 56.2 Å². The van der Waals surface area contributed by atoms with Gasteiger partial charge in [0.2, 0.25) is 11.8 Å². The van der Waals surface area contributed by atoms with Crippen LogP contribution in [0.4, 0.5) is 0 Å². The Balaban J connectivity index is 1.97. The van der Waals surface area contributed by atoms with E-state index in [1.807, 2.05) is 6.07 Å². The van der Waals surface area contributed by atoms with E-state index in [4.69, 9.17) is 23.2 Å². The molecule has 0 fully saturated rings. The molecular weight excluding hydrogens is 355 g/mol. The highest BCUT2D eigenvalue weighted by atomic mass is 35.5. The highest BCUT2D eigenvalue weighted by Gasteiger charge is 2.17. The highest BCUT2D eigenvalue weighted by molar-refractivity contribution is 7.16. The molecule has 2 amide bonds. The molecule has 23 heavy (non-hydrogen) atoms. The molecule has 0 saturated heterocycles. The molecule has 1 unspecified atom stereocenters. The van der Waals surface area contributed by atoms with E-state index >= 15 is 0 Å². The lowest BCUT2D eigenvalue weighted by atomic mass is 10.0. The van der Waals surface area contributed by atoms with Gasteiger partial charge in [-0.05, 0) is 29.8 Å². The Labute approximate surface area is 148 Å². The molecule has 2 N–H and O–H groups in total. The van der Waals surface area contributed by atoms with Gasteiger partial charge >= 0.3 is 0 Å². The Bertz CT molecular complexity index is 686. The number of hydrogen-bond donors (Lipinski definition) is 2. The maximum atomic E-state index is 12.1. The summed E-state index contributed by atoms with van der Waals surface area (Å²) in [5.74, 6) is -0.342. The van der Waals surface area contributed by atoms with Crippen molar-refractivity contribution in [3.8, 4) is 0 Å². The molecule has 4 nitrogen and oxygen atoms in total. The first-order valence-electron chi connectivity index (χ1n) is 6.97. The van der Waals surface area contributed by atoms with Gasteiger partial charge in [0.05, 0.1) is 23.3 Å². The Morgan fingerprint density at radius 1 is 1.13 bits per heavy atom. The van der Waals surface area contributed by atoms with Crippen LogP contribution in [0.15, 0.2) is 36.4 Å². The lowest BCUT2D eigenvalue weighted by Crippen LogP contribution is -2.32. The van der Waals surface area contributed by atoms with Gasteiger partial charge in [0.15, 0.2) is 0 Å². The standard InChI is InChI=1S/C16H16Cl2N2O2S/c1-10(21)20-14(11-2-4-12(17)5-3-11)8-16(22)19-9-13-6-7-15(18)23-13/h2-7,14H,8-9H2,1H3,(H,19,22)(H,20,21). The average molecular weight is 371 g/mol. The number of halogens is 2. The van der Waals surface area contributed by atoms with Crippen molar-refractivity contribution in [2.24, 2.45) is 0 Å². The lowest BCUT2D eigenvalue weighted by molar-refractivity contribution is -0.122. The topological polar surface area (TPSA) is 58.2 Å². The first-order chi connectivity index (χ1) is 10.9. The quantitative estimate of drug-likeness (QED) is 0.808. The number of carbonyl (C=O) groups excluding carboxylic acids is 2. The Hall–Kier alpha value is -1.56. The fourth-order valence-corrected chi connectivity index (χ4v) is 3.24. The molecular formula is C16H16Cl2N2O2S. The van der Waals surface area contributed by atoms with Gasteiger partial charge in [-0.2, -0.15) is 0 Å². The molecule has 0 aliphatic rings. The van der Waals surface area contributed by atoms with Crippen LogP contribution in [-0.2, 0) is 16.1 Å². The van der Waals surface area contributed by atoms with E-state index in [9.17, 15) is 9.59 Å². The zero-order valence-electron chi connectivity index (χ0n) is 12.4. The van der Waals surface area contributed by atoms with Crippen LogP contribution in [-0.4, -0.2) is 11.8 Å². The van der Waals surface area contributed by atoms with Gasteiger partial charge in [0.25, 0.3) is 0 Å². The molecule has 0 bridgehead atoms. The molecule has 0 saturated carbocycles. The molecule has 0 radical (unpaired) electrons. The van der Waals surface area contributed by atoms with Crippen molar-refractivity contribution in [2.75, 3.05) is 0 Å². The largest absolute Gasteiger partial charge is 0.351 e. The summed E-state index contributed by atoms with van der Waals surface area (Å²) < 4.78 is 0.687. The Kier molecular flexibility index (Phi) is 6.45. The number of carbonyl (C=O) groups is 2. The second-order valence-electron chi connectivity index (χ2n) is 4.99. The van der Waals surface area contributed by atoms with E-state index in [0.29, 0.717) is 15.9 Å². The van der Waals surface area contributed by atoms with E-state index in [1.165, 1.54) is 18.3 Å². The van der Waals surface area contributed by atoms with Crippen LogP contribution in [0, 0.1) is 0 Å². The first-order valence-corrected chi connectivity index (χ1v) is 8.55. The second kappa shape index (κ2) is 8.34. The monoisotopic (exact) mass is 370 g/mol. The predicted molar refractivity (Wildman–Crippen MR) is 93.8 cm³/mol. The van der Waals surface area contributed by atoms with Gasteiger partial charge in [-0.15, -0.1) is 11.3 Å². The van der Waals surface area contributed by atoms with E-state index in [-0.39, 0.29) is 18.2 Å². The second-order valence-corrected chi connectivity index (χ2v) is 7.23. The van der Waals surface area contributed by atoms with Crippen LogP contribution in [0.25, 0.3) is 0 Å². The number of benzene rings is 1. The van der Waals surface area contributed by atoms with Gasteiger partial charge in [-0.3, -0.25) is 9.59 Å². The number of rotatable bonds is 6. The minimum absolute atomic E-state index is 0.150. The molecule has 122 valence electrons. The van der Waals surface area contributed by atoms with Crippen molar-refractivity contribution in [1.29, 1.82) is 0 Å². The molecule has 1 aromatic heterocycles. The average Bonchev–Trinajstić information content (AvgIpc) is 2.90. The molecule has 1 aromatic carbocycles. The van der Waals surface area contributed by atoms with Crippen molar-refractivity contribution < 1.29 is 9.59 Å². The van der Waals surface area contributed by atoms with E-state index in [1.54, 1.807) is 30.3 Å². The summed E-state index contributed by atoms with van der Waals surface area (Å²) >= 11 is 13.2. The van der Waals surface area contributed by atoms with Crippen LogP contribution in [0.1, 0.15) is 29.8 Å². The molecule has 0 aliphatic carbocycles. The molecule has 1 heterocycles. The zero-order chi connectivity index (χ0) is 16.8. The normalized spacial score (nSPS) is 11.8. The molecule has 0 spiro atoms. The fourth-order valence-electron chi connectivity index (χ4n) is 2.08. The van der Waals surface area contributed by atoms with Crippen molar-refractivity contribution in [1.82, 2.24) is 10.6 Å². The summed E-state index contributed by atoms with van der Waals surface area (Å²) in [6.07, 6.45) is 0.153. The molecule has 7 heteroatoms. The number of thiophene rings is 1. The predicted octanol–water partition coefficient (Wildman–Crippen LogP) is 3.94. The van der Waals surface area contributed by atoms with Crippen LogP contribution in [0.5, 0.6) is 0 Å². The molecule has 0 aliphatic heterocycles. The van der Waals surface area contributed by atoms with Crippen molar-refractivity contribution in [3.63, 3.8) is 0 Å². The van der Waals surface area contributed by atoms with Crippen LogP contribution in [0.2, 0.25) is 9.36 Å².